The molecule has 15 heavy (non-hydrogen) atoms. The molecule has 0 fully saturated rings. The lowest BCUT2D eigenvalue weighted by atomic mass is 10.2. The maximum absolute atomic E-state index is 5.59. The molecule has 0 aromatic carbocycles. The summed E-state index contributed by atoms with van der Waals surface area (Å²) < 4.78 is 7.07. The van der Waals surface area contributed by atoms with Gasteiger partial charge in [0.15, 0.2) is 5.65 Å². The van der Waals surface area contributed by atoms with Crippen LogP contribution in [0.25, 0.3) is 5.65 Å². The topological polar surface area (TPSA) is 65.4 Å². The van der Waals surface area contributed by atoms with Crippen molar-refractivity contribution in [3.05, 3.63) is 23.5 Å². The van der Waals surface area contributed by atoms with E-state index in [4.69, 9.17) is 10.5 Å². The Hall–Kier alpha value is -1.62. The number of nitrogens with two attached hydrogens (primary N) is 1. The fourth-order valence-electron chi connectivity index (χ4n) is 1.48. The molecule has 0 spiro atoms. The first-order valence-electron chi connectivity index (χ1n) is 4.93. The Morgan fingerprint density at radius 2 is 2.33 bits per heavy atom. The highest BCUT2D eigenvalue weighted by atomic mass is 16.5. The molecular weight excluding hydrogens is 192 g/mol. The number of aromatic nitrogens is 3. The maximum atomic E-state index is 5.59. The third-order valence-corrected chi connectivity index (χ3v) is 2.32. The molecular formula is C10H14N4O. The van der Waals surface area contributed by atoms with Gasteiger partial charge in [0.05, 0.1) is 6.61 Å². The highest BCUT2D eigenvalue weighted by Gasteiger charge is 2.07. The van der Waals surface area contributed by atoms with Crippen LogP contribution in [0.4, 0.5) is 0 Å². The van der Waals surface area contributed by atoms with Crippen LogP contribution < -0.4 is 10.5 Å². The third-order valence-electron chi connectivity index (χ3n) is 2.32. The number of aryl methyl sites for hydroxylation is 1. The Morgan fingerprint density at radius 3 is 3.00 bits per heavy atom. The molecule has 0 unspecified atom stereocenters. The molecule has 2 N–H and O–H groups in total. The lowest BCUT2D eigenvalue weighted by molar-refractivity contribution is 0.325. The van der Waals surface area contributed by atoms with Crippen LogP contribution in [-0.2, 0) is 6.54 Å². The van der Waals surface area contributed by atoms with Gasteiger partial charge in [0.25, 0.3) is 0 Å². The van der Waals surface area contributed by atoms with Crippen LogP contribution >= 0.6 is 0 Å². The van der Waals surface area contributed by atoms with Gasteiger partial charge in [-0.15, -0.1) is 5.10 Å². The predicted octanol–water partition coefficient (Wildman–Crippen LogP) is 0.895. The number of hydrogen-bond acceptors (Lipinski definition) is 4. The molecule has 2 aromatic rings. The van der Waals surface area contributed by atoms with Gasteiger partial charge in [-0.1, -0.05) is 0 Å². The van der Waals surface area contributed by atoms with Gasteiger partial charge in [-0.05, 0) is 13.8 Å². The van der Waals surface area contributed by atoms with Gasteiger partial charge in [0.1, 0.15) is 0 Å². The summed E-state index contributed by atoms with van der Waals surface area (Å²) in [6, 6.07) is 1.82. The first kappa shape index (κ1) is 9.92. The molecule has 0 saturated heterocycles. The monoisotopic (exact) mass is 206 g/mol. The average molecular weight is 206 g/mol. The van der Waals surface area contributed by atoms with Crippen LogP contribution in [0, 0.1) is 6.92 Å². The minimum Gasteiger partial charge on any atom is -0.477 e. The van der Waals surface area contributed by atoms with Gasteiger partial charge in [-0.2, -0.15) is 0 Å². The molecule has 0 atom stereocenters. The molecule has 0 saturated carbocycles. The molecule has 5 heteroatoms. The Labute approximate surface area is 87.9 Å². The molecule has 0 radical (unpaired) electrons. The molecule has 0 aliphatic carbocycles. The molecule has 0 bridgehead atoms. The van der Waals surface area contributed by atoms with Crippen LogP contribution in [0.3, 0.4) is 0 Å². The first-order valence-corrected chi connectivity index (χ1v) is 4.93. The number of rotatable bonds is 3. The minimum atomic E-state index is 0.471. The second-order valence-electron chi connectivity index (χ2n) is 3.26. The standard InChI is InChI=1S/C10H14N4O/c1-3-15-10-4-9-12-6-8(5-11)7(2)14(9)13-10/h4,6H,3,5,11H2,1-2H3. The molecule has 0 aliphatic rings. The van der Waals surface area contributed by atoms with E-state index in [0.717, 1.165) is 16.9 Å². The summed E-state index contributed by atoms with van der Waals surface area (Å²) in [5.41, 5.74) is 8.38. The Kier molecular flexibility index (Phi) is 2.55. The zero-order chi connectivity index (χ0) is 10.8. The molecule has 0 amide bonds. The van der Waals surface area contributed by atoms with E-state index in [9.17, 15) is 0 Å². The summed E-state index contributed by atoms with van der Waals surface area (Å²) in [5, 5.41) is 4.29. The summed E-state index contributed by atoms with van der Waals surface area (Å²) in [7, 11) is 0. The molecule has 2 aromatic heterocycles. The molecule has 5 nitrogen and oxygen atoms in total. The van der Waals surface area contributed by atoms with E-state index in [-0.39, 0.29) is 0 Å². The largest absolute Gasteiger partial charge is 0.477 e. The van der Waals surface area contributed by atoms with E-state index in [1.807, 2.05) is 19.9 Å². The highest BCUT2D eigenvalue weighted by molar-refractivity contribution is 5.43. The van der Waals surface area contributed by atoms with Crippen molar-refractivity contribution in [3.8, 4) is 5.88 Å². The van der Waals surface area contributed by atoms with E-state index < -0.39 is 0 Å². The fraction of sp³-hybridized carbons (Fsp3) is 0.400. The normalized spacial score (nSPS) is 10.9. The number of hydrogen-bond donors (Lipinski definition) is 1. The summed E-state index contributed by atoms with van der Waals surface area (Å²) in [5.74, 6) is 0.599. The summed E-state index contributed by atoms with van der Waals surface area (Å²) in [4.78, 5) is 4.26. The van der Waals surface area contributed by atoms with Crippen LogP contribution in [-0.4, -0.2) is 21.2 Å². The van der Waals surface area contributed by atoms with Crippen molar-refractivity contribution in [2.24, 2.45) is 5.73 Å². The van der Waals surface area contributed by atoms with Crippen molar-refractivity contribution in [1.82, 2.24) is 14.6 Å². The zero-order valence-corrected chi connectivity index (χ0v) is 8.90. The Morgan fingerprint density at radius 1 is 1.53 bits per heavy atom. The van der Waals surface area contributed by atoms with E-state index in [1.165, 1.54) is 0 Å². The minimum absolute atomic E-state index is 0.471. The Bertz CT molecular complexity index is 477. The van der Waals surface area contributed by atoms with Crippen molar-refractivity contribution >= 4 is 5.65 Å². The van der Waals surface area contributed by atoms with Gasteiger partial charge < -0.3 is 10.5 Å². The summed E-state index contributed by atoms with van der Waals surface area (Å²) in [6.45, 7) is 4.97. The van der Waals surface area contributed by atoms with Crippen molar-refractivity contribution in [2.75, 3.05) is 6.61 Å². The average Bonchev–Trinajstić information content (AvgIpc) is 2.63. The lowest BCUT2D eigenvalue weighted by Gasteiger charge is -2.03. The smallest absolute Gasteiger partial charge is 0.235 e. The van der Waals surface area contributed by atoms with Crippen LogP contribution in [0.15, 0.2) is 12.3 Å². The van der Waals surface area contributed by atoms with E-state index >= 15 is 0 Å². The quantitative estimate of drug-likeness (QED) is 0.810. The third kappa shape index (κ3) is 1.66. The van der Waals surface area contributed by atoms with Gasteiger partial charge in [-0.3, -0.25) is 0 Å². The number of fused-ring (bicyclic) bond motifs is 1. The van der Waals surface area contributed by atoms with Crippen molar-refractivity contribution < 1.29 is 4.74 Å². The lowest BCUT2D eigenvalue weighted by Crippen LogP contribution is -2.05. The summed E-state index contributed by atoms with van der Waals surface area (Å²) >= 11 is 0. The van der Waals surface area contributed by atoms with Gasteiger partial charge >= 0.3 is 0 Å². The number of nitrogens with zero attached hydrogens (tertiary/aromatic N) is 3. The van der Waals surface area contributed by atoms with Crippen LogP contribution in [0.2, 0.25) is 0 Å². The molecule has 80 valence electrons. The van der Waals surface area contributed by atoms with Crippen LogP contribution in [0.1, 0.15) is 18.2 Å². The molecule has 2 rings (SSSR count). The number of ether oxygens (including phenoxy) is 1. The van der Waals surface area contributed by atoms with E-state index in [0.29, 0.717) is 19.0 Å². The Balaban J connectivity index is 2.55. The van der Waals surface area contributed by atoms with Gasteiger partial charge in [0.2, 0.25) is 5.88 Å². The van der Waals surface area contributed by atoms with Gasteiger partial charge in [-0.25, -0.2) is 9.50 Å². The molecule has 2 heterocycles. The first-order chi connectivity index (χ1) is 7.26. The summed E-state index contributed by atoms with van der Waals surface area (Å²) in [6.07, 6.45) is 1.78. The second kappa shape index (κ2) is 3.86. The predicted molar refractivity (Wildman–Crippen MR) is 56.8 cm³/mol. The highest BCUT2D eigenvalue weighted by Crippen LogP contribution is 2.14. The maximum Gasteiger partial charge on any atom is 0.235 e. The molecule has 0 aliphatic heterocycles. The van der Waals surface area contributed by atoms with Crippen molar-refractivity contribution in [3.63, 3.8) is 0 Å². The van der Waals surface area contributed by atoms with Crippen molar-refractivity contribution in [2.45, 2.75) is 20.4 Å². The SMILES string of the molecule is CCOc1cc2ncc(CN)c(C)n2n1. The van der Waals surface area contributed by atoms with Crippen LogP contribution in [0.5, 0.6) is 5.88 Å². The van der Waals surface area contributed by atoms with Crippen molar-refractivity contribution in [1.29, 1.82) is 0 Å². The fourth-order valence-corrected chi connectivity index (χ4v) is 1.48. The second-order valence-corrected chi connectivity index (χ2v) is 3.26. The van der Waals surface area contributed by atoms with E-state index in [1.54, 1.807) is 10.7 Å². The van der Waals surface area contributed by atoms with Gasteiger partial charge in [0, 0.05) is 30.1 Å². The zero-order valence-electron chi connectivity index (χ0n) is 8.90. The van der Waals surface area contributed by atoms with E-state index in [2.05, 4.69) is 10.1 Å².